The molecule has 0 saturated carbocycles. The van der Waals surface area contributed by atoms with E-state index < -0.39 is 6.36 Å². The molecule has 1 aliphatic rings. The Kier molecular flexibility index (Phi) is 4.31. The number of aliphatic hydroxyl groups excluding tert-OH is 1. The minimum absolute atomic E-state index is 0.0821. The molecular weight excluding hydrogens is 259 g/mol. The summed E-state index contributed by atoms with van der Waals surface area (Å²) in [7, 11) is 0. The maximum absolute atomic E-state index is 12.1. The Bertz CT molecular complexity index is 423. The summed E-state index contributed by atoms with van der Waals surface area (Å²) < 4.78 is 40.3. The number of benzene rings is 1. The molecule has 0 amide bonds. The maximum Gasteiger partial charge on any atom is 0.573 e. The second-order valence-corrected chi connectivity index (χ2v) is 4.64. The van der Waals surface area contributed by atoms with Crippen LogP contribution in [0.5, 0.6) is 5.75 Å². The van der Waals surface area contributed by atoms with Crippen LogP contribution in [0, 0.1) is 0 Å². The van der Waals surface area contributed by atoms with Gasteiger partial charge in [0.15, 0.2) is 0 Å². The first-order valence-electron chi connectivity index (χ1n) is 6.17. The van der Waals surface area contributed by atoms with Gasteiger partial charge in [0.25, 0.3) is 0 Å². The van der Waals surface area contributed by atoms with Crippen molar-refractivity contribution >= 4 is 0 Å². The van der Waals surface area contributed by atoms with Gasteiger partial charge in [-0.25, -0.2) is 0 Å². The second-order valence-electron chi connectivity index (χ2n) is 4.64. The van der Waals surface area contributed by atoms with Gasteiger partial charge in [-0.3, -0.25) is 4.90 Å². The summed E-state index contributed by atoms with van der Waals surface area (Å²) in [5.41, 5.74) is 0.752. The lowest BCUT2D eigenvalue weighted by Gasteiger charge is -2.22. The second kappa shape index (κ2) is 5.79. The molecule has 1 atom stereocenters. The number of aliphatic hydroxyl groups is 1. The van der Waals surface area contributed by atoms with E-state index in [-0.39, 0.29) is 18.4 Å². The van der Waals surface area contributed by atoms with Gasteiger partial charge in [-0.05, 0) is 37.1 Å². The lowest BCUT2D eigenvalue weighted by Crippen LogP contribution is -2.31. The topological polar surface area (TPSA) is 32.7 Å². The molecule has 106 valence electrons. The fourth-order valence-electron chi connectivity index (χ4n) is 2.39. The van der Waals surface area contributed by atoms with Gasteiger partial charge in [-0.1, -0.05) is 12.1 Å². The molecule has 1 N–H and O–H groups in total. The van der Waals surface area contributed by atoms with Crippen LogP contribution in [-0.4, -0.2) is 35.6 Å². The van der Waals surface area contributed by atoms with Crippen LogP contribution in [0.15, 0.2) is 24.3 Å². The predicted molar refractivity (Wildman–Crippen MR) is 63.6 cm³/mol. The first-order valence-corrected chi connectivity index (χ1v) is 6.17. The van der Waals surface area contributed by atoms with Gasteiger partial charge in [-0.15, -0.1) is 13.2 Å². The van der Waals surface area contributed by atoms with Crippen LogP contribution >= 0.6 is 0 Å². The Hall–Kier alpha value is -1.27. The number of alkyl halides is 3. The molecule has 0 aromatic heterocycles. The van der Waals surface area contributed by atoms with Gasteiger partial charge in [0.1, 0.15) is 5.75 Å². The van der Waals surface area contributed by atoms with Gasteiger partial charge in [-0.2, -0.15) is 0 Å². The van der Waals surface area contributed by atoms with E-state index in [1.807, 2.05) is 0 Å². The molecule has 0 bridgehead atoms. The SMILES string of the molecule is OC[C@H]1CCCN1Cc1cccc(OC(F)(F)F)c1. The number of ether oxygens (including phenoxy) is 1. The van der Waals surface area contributed by atoms with E-state index in [4.69, 9.17) is 0 Å². The molecule has 1 saturated heterocycles. The number of nitrogens with zero attached hydrogens (tertiary/aromatic N) is 1. The van der Waals surface area contributed by atoms with Crippen molar-refractivity contribution in [3.05, 3.63) is 29.8 Å². The third-order valence-corrected chi connectivity index (χ3v) is 3.23. The van der Waals surface area contributed by atoms with E-state index in [1.165, 1.54) is 12.1 Å². The summed E-state index contributed by atoms with van der Waals surface area (Å²) in [6, 6.07) is 6.08. The number of hydrogen-bond donors (Lipinski definition) is 1. The van der Waals surface area contributed by atoms with Crippen molar-refractivity contribution in [2.24, 2.45) is 0 Å². The number of rotatable bonds is 4. The first-order chi connectivity index (χ1) is 8.98. The third-order valence-electron chi connectivity index (χ3n) is 3.23. The van der Waals surface area contributed by atoms with Crippen LogP contribution in [0.4, 0.5) is 13.2 Å². The van der Waals surface area contributed by atoms with E-state index in [2.05, 4.69) is 9.64 Å². The zero-order valence-corrected chi connectivity index (χ0v) is 10.4. The smallest absolute Gasteiger partial charge is 0.406 e. The van der Waals surface area contributed by atoms with Crippen LogP contribution in [-0.2, 0) is 6.54 Å². The summed E-state index contributed by atoms with van der Waals surface area (Å²) in [6.07, 6.45) is -2.74. The normalized spacial score (nSPS) is 20.7. The molecule has 1 fully saturated rings. The molecule has 1 heterocycles. The standard InChI is InChI=1S/C13H16F3NO2/c14-13(15,16)19-12-5-1-3-10(7-12)8-17-6-2-4-11(17)9-18/h1,3,5,7,11,18H,2,4,6,8-9H2/t11-/m1/s1. The van der Waals surface area contributed by atoms with E-state index in [0.717, 1.165) is 24.9 Å². The van der Waals surface area contributed by atoms with E-state index in [0.29, 0.717) is 6.54 Å². The minimum Gasteiger partial charge on any atom is -0.406 e. The lowest BCUT2D eigenvalue weighted by molar-refractivity contribution is -0.274. The van der Waals surface area contributed by atoms with E-state index in [9.17, 15) is 18.3 Å². The van der Waals surface area contributed by atoms with Crippen LogP contribution < -0.4 is 4.74 Å². The van der Waals surface area contributed by atoms with Crippen molar-refractivity contribution < 1.29 is 23.0 Å². The highest BCUT2D eigenvalue weighted by atomic mass is 19.4. The fraction of sp³-hybridized carbons (Fsp3) is 0.538. The molecule has 1 aromatic carbocycles. The highest BCUT2D eigenvalue weighted by molar-refractivity contribution is 5.28. The van der Waals surface area contributed by atoms with Crippen LogP contribution in [0.2, 0.25) is 0 Å². The molecule has 1 aromatic rings. The third kappa shape index (κ3) is 4.11. The quantitative estimate of drug-likeness (QED) is 0.916. The van der Waals surface area contributed by atoms with Gasteiger partial charge in [0.05, 0.1) is 6.61 Å². The average Bonchev–Trinajstić information content (AvgIpc) is 2.74. The zero-order valence-electron chi connectivity index (χ0n) is 10.4. The van der Waals surface area contributed by atoms with Gasteiger partial charge < -0.3 is 9.84 Å². The Balaban J connectivity index is 2.02. The summed E-state index contributed by atoms with van der Waals surface area (Å²) in [5, 5.41) is 9.21. The predicted octanol–water partition coefficient (Wildman–Crippen LogP) is 2.54. The molecule has 1 aliphatic heterocycles. The number of hydrogen-bond acceptors (Lipinski definition) is 3. The molecule has 3 nitrogen and oxygen atoms in total. The monoisotopic (exact) mass is 275 g/mol. The molecule has 6 heteroatoms. The fourth-order valence-corrected chi connectivity index (χ4v) is 2.39. The zero-order chi connectivity index (χ0) is 13.9. The molecule has 0 unspecified atom stereocenters. The molecule has 0 radical (unpaired) electrons. The Morgan fingerprint density at radius 1 is 1.37 bits per heavy atom. The van der Waals surface area contributed by atoms with Gasteiger partial charge in [0, 0.05) is 12.6 Å². The number of halogens is 3. The Morgan fingerprint density at radius 2 is 2.16 bits per heavy atom. The average molecular weight is 275 g/mol. The van der Waals surface area contributed by atoms with Crippen molar-refractivity contribution in [3.8, 4) is 5.75 Å². The lowest BCUT2D eigenvalue weighted by atomic mass is 10.2. The summed E-state index contributed by atoms with van der Waals surface area (Å²) in [6.45, 7) is 1.47. The maximum atomic E-state index is 12.1. The van der Waals surface area contributed by atoms with E-state index >= 15 is 0 Å². The first kappa shape index (κ1) is 14.1. The molecule has 2 rings (SSSR count). The minimum atomic E-state index is -4.67. The van der Waals surface area contributed by atoms with Gasteiger partial charge in [0.2, 0.25) is 0 Å². The number of likely N-dealkylation sites (tertiary alicyclic amines) is 1. The molecule has 0 spiro atoms. The van der Waals surface area contributed by atoms with Crippen molar-refractivity contribution in [1.29, 1.82) is 0 Å². The van der Waals surface area contributed by atoms with Crippen molar-refractivity contribution in [2.75, 3.05) is 13.2 Å². The summed E-state index contributed by atoms with van der Waals surface area (Å²) >= 11 is 0. The van der Waals surface area contributed by atoms with Crippen molar-refractivity contribution in [1.82, 2.24) is 4.90 Å². The van der Waals surface area contributed by atoms with Gasteiger partial charge >= 0.3 is 6.36 Å². The molecule has 0 aliphatic carbocycles. The Morgan fingerprint density at radius 3 is 2.84 bits per heavy atom. The molecule has 19 heavy (non-hydrogen) atoms. The Labute approximate surface area is 109 Å². The van der Waals surface area contributed by atoms with Crippen LogP contribution in [0.25, 0.3) is 0 Å². The van der Waals surface area contributed by atoms with E-state index in [1.54, 1.807) is 12.1 Å². The highest BCUT2D eigenvalue weighted by Gasteiger charge is 2.31. The summed E-state index contributed by atoms with van der Waals surface area (Å²) in [4.78, 5) is 2.08. The highest BCUT2D eigenvalue weighted by Crippen LogP contribution is 2.25. The summed E-state index contributed by atoms with van der Waals surface area (Å²) in [5.74, 6) is -0.204. The largest absolute Gasteiger partial charge is 0.573 e. The van der Waals surface area contributed by atoms with Crippen LogP contribution in [0.3, 0.4) is 0 Å². The van der Waals surface area contributed by atoms with Crippen molar-refractivity contribution in [2.45, 2.75) is 31.8 Å². The molecular formula is C13H16F3NO2. The van der Waals surface area contributed by atoms with Crippen molar-refractivity contribution in [3.63, 3.8) is 0 Å². The van der Waals surface area contributed by atoms with Crippen LogP contribution in [0.1, 0.15) is 18.4 Å².